The van der Waals surface area contributed by atoms with Crippen LogP contribution in [-0.4, -0.2) is 27.4 Å². The molecule has 1 unspecified atom stereocenters. The van der Waals surface area contributed by atoms with E-state index in [0.717, 1.165) is 0 Å². The van der Waals surface area contributed by atoms with Crippen molar-refractivity contribution in [2.24, 2.45) is 0 Å². The van der Waals surface area contributed by atoms with Crippen LogP contribution in [0, 0.1) is 0 Å². The molecule has 0 aliphatic carbocycles. The van der Waals surface area contributed by atoms with Crippen molar-refractivity contribution in [3.8, 4) is 0 Å². The zero-order valence-corrected chi connectivity index (χ0v) is 9.72. The molecule has 5 heteroatoms. The fraction of sp³-hybridized carbons (Fsp3) is 0.778. The van der Waals surface area contributed by atoms with E-state index in [-0.39, 0.29) is 6.42 Å². The van der Waals surface area contributed by atoms with Crippen LogP contribution in [0.2, 0.25) is 0 Å². The lowest BCUT2D eigenvalue weighted by Crippen LogP contribution is -2.34. The van der Waals surface area contributed by atoms with E-state index in [1.807, 2.05) is 0 Å². The number of ether oxygens (including phenoxy) is 1. The zero-order valence-electron chi connectivity index (χ0n) is 8.83. The molecular weight excluding hydrogens is 204 g/mol. The molecule has 0 saturated heterocycles. The van der Waals surface area contributed by atoms with E-state index in [2.05, 4.69) is 12.6 Å². The van der Waals surface area contributed by atoms with Crippen molar-refractivity contribution in [1.82, 2.24) is 0 Å². The third kappa shape index (κ3) is 5.11. The molecule has 1 atom stereocenters. The Hall–Kier alpha value is -0.710. The predicted molar refractivity (Wildman–Crippen MR) is 55.5 cm³/mol. The number of aliphatic carboxylic acids is 1. The summed E-state index contributed by atoms with van der Waals surface area (Å²) >= 11 is 3.87. The van der Waals surface area contributed by atoms with Gasteiger partial charge in [-0.1, -0.05) is 0 Å². The Labute approximate surface area is 89.0 Å². The van der Waals surface area contributed by atoms with Crippen molar-refractivity contribution in [2.45, 2.75) is 44.5 Å². The normalized spacial score (nSPS) is 15.8. The molecule has 0 radical (unpaired) electrons. The van der Waals surface area contributed by atoms with Crippen LogP contribution >= 0.6 is 12.6 Å². The molecule has 0 amide bonds. The van der Waals surface area contributed by atoms with Gasteiger partial charge in [-0.3, -0.25) is 9.59 Å². The molecule has 0 rings (SSSR count). The van der Waals surface area contributed by atoms with Gasteiger partial charge in [0.2, 0.25) is 0 Å². The van der Waals surface area contributed by atoms with E-state index in [0.29, 0.717) is 0 Å². The standard InChI is InChI=1S/C9H16O4S/c1-8(2,3)13-6(10)5-9(4,14)7(11)12/h14H,5H2,1-4H3,(H,11,12). The maximum absolute atomic E-state index is 11.2. The Bertz CT molecular complexity index is 240. The minimum Gasteiger partial charge on any atom is -0.480 e. The van der Waals surface area contributed by atoms with Crippen molar-refractivity contribution in [2.75, 3.05) is 0 Å². The SMILES string of the molecule is CC(C)(C)OC(=O)CC(C)(S)C(=O)O. The number of esters is 1. The van der Waals surface area contributed by atoms with Gasteiger partial charge in [0.15, 0.2) is 0 Å². The minimum absolute atomic E-state index is 0.247. The van der Waals surface area contributed by atoms with E-state index < -0.39 is 22.3 Å². The lowest BCUT2D eigenvalue weighted by molar-refractivity contribution is -0.158. The van der Waals surface area contributed by atoms with Crippen LogP contribution in [0.5, 0.6) is 0 Å². The lowest BCUT2D eigenvalue weighted by atomic mass is 10.1. The molecule has 14 heavy (non-hydrogen) atoms. The number of hydrogen-bond acceptors (Lipinski definition) is 4. The lowest BCUT2D eigenvalue weighted by Gasteiger charge is -2.23. The van der Waals surface area contributed by atoms with E-state index in [1.54, 1.807) is 20.8 Å². The van der Waals surface area contributed by atoms with Gasteiger partial charge in [-0.2, -0.15) is 12.6 Å². The maximum atomic E-state index is 11.2. The van der Waals surface area contributed by atoms with Gasteiger partial charge in [0.1, 0.15) is 10.3 Å². The first-order valence-corrected chi connectivity index (χ1v) is 4.67. The fourth-order valence-corrected chi connectivity index (χ4v) is 0.863. The molecule has 0 spiro atoms. The van der Waals surface area contributed by atoms with Crippen LogP contribution in [0.3, 0.4) is 0 Å². The number of rotatable bonds is 3. The third-order valence-corrected chi connectivity index (χ3v) is 1.72. The molecule has 0 aliphatic rings. The van der Waals surface area contributed by atoms with Crippen molar-refractivity contribution < 1.29 is 19.4 Å². The Morgan fingerprint density at radius 3 is 2.00 bits per heavy atom. The first kappa shape index (κ1) is 13.3. The van der Waals surface area contributed by atoms with Crippen LogP contribution in [0.15, 0.2) is 0 Å². The number of carboxylic acids is 1. The number of carboxylic acid groups (broad SMARTS) is 1. The van der Waals surface area contributed by atoms with Crippen molar-refractivity contribution >= 4 is 24.6 Å². The summed E-state index contributed by atoms with van der Waals surface area (Å²) in [5, 5.41) is 8.70. The van der Waals surface area contributed by atoms with Crippen LogP contribution in [0.4, 0.5) is 0 Å². The highest BCUT2D eigenvalue weighted by Crippen LogP contribution is 2.21. The first-order chi connectivity index (χ1) is 6.04. The van der Waals surface area contributed by atoms with Gasteiger partial charge >= 0.3 is 11.9 Å². The quantitative estimate of drug-likeness (QED) is 0.558. The highest BCUT2D eigenvalue weighted by atomic mass is 32.1. The van der Waals surface area contributed by atoms with Gasteiger partial charge in [-0.15, -0.1) is 0 Å². The smallest absolute Gasteiger partial charge is 0.319 e. The topological polar surface area (TPSA) is 63.6 Å². The maximum Gasteiger partial charge on any atom is 0.319 e. The molecule has 82 valence electrons. The molecular formula is C9H16O4S. The molecule has 1 N–H and O–H groups in total. The summed E-state index contributed by atoms with van der Waals surface area (Å²) in [7, 11) is 0. The van der Waals surface area contributed by atoms with Crippen LogP contribution < -0.4 is 0 Å². The Kier molecular flexibility index (Phi) is 4.00. The largest absolute Gasteiger partial charge is 0.480 e. The summed E-state index contributed by atoms with van der Waals surface area (Å²) < 4.78 is 3.60. The zero-order chi connectivity index (χ0) is 11.6. The average molecular weight is 220 g/mol. The Morgan fingerprint density at radius 1 is 1.29 bits per heavy atom. The number of thiol groups is 1. The molecule has 0 fully saturated rings. The summed E-state index contributed by atoms with van der Waals surface area (Å²) in [4.78, 5) is 21.9. The van der Waals surface area contributed by atoms with Crippen molar-refractivity contribution in [3.05, 3.63) is 0 Å². The minimum atomic E-state index is -1.37. The molecule has 0 aromatic rings. The molecule has 4 nitrogen and oxygen atoms in total. The van der Waals surface area contributed by atoms with Crippen LogP contribution in [0.25, 0.3) is 0 Å². The second-order valence-electron chi connectivity index (χ2n) is 4.34. The van der Waals surface area contributed by atoms with Gasteiger partial charge in [-0.05, 0) is 27.7 Å². The summed E-state index contributed by atoms with van der Waals surface area (Å²) in [6, 6.07) is 0. The summed E-state index contributed by atoms with van der Waals surface area (Å²) in [5.41, 5.74) is -0.598. The van der Waals surface area contributed by atoms with E-state index in [4.69, 9.17) is 9.84 Å². The fourth-order valence-electron chi connectivity index (χ4n) is 0.734. The highest BCUT2D eigenvalue weighted by Gasteiger charge is 2.33. The Balaban J connectivity index is 4.27. The molecule has 0 saturated carbocycles. The van der Waals surface area contributed by atoms with Gasteiger partial charge in [0, 0.05) is 0 Å². The molecule has 0 aliphatic heterocycles. The van der Waals surface area contributed by atoms with Gasteiger partial charge in [0.05, 0.1) is 6.42 Å². The molecule has 0 aromatic carbocycles. The van der Waals surface area contributed by atoms with Gasteiger partial charge in [-0.25, -0.2) is 0 Å². The van der Waals surface area contributed by atoms with E-state index >= 15 is 0 Å². The molecule has 0 bridgehead atoms. The van der Waals surface area contributed by atoms with E-state index in [9.17, 15) is 9.59 Å². The number of carbonyl (C=O) groups is 2. The van der Waals surface area contributed by atoms with Crippen molar-refractivity contribution in [3.63, 3.8) is 0 Å². The predicted octanol–water partition coefficient (Wildman–Crippen LogP) is 1.49. The first-order valence-electron chi connectivity index (χ1n) is 4.22. The van der Waals surface area contributed by atoms with Gasteiger partial charge in [0.25, 0.3) is 0 Å². The number of hydrogen-bond donors (Lipinski definition) is 2. The molecule has 0 aromatic heterocycles. The third-order valence-electron chi connectivity index (χ3n) is 1.37. The summed E-state index contributed by atoms with van der Waals surface area (Å²) in [6.45, 7) is 6.53. The average Bonchev–Trinajstić information content (AvgIpc) is 1.79. The second kappa shape index (κ2) is 4.21. The van der Waals surface area contributed by atoms with Crippen molar-refractivity contribution in [1.29, 1.82) is 0 Å². The van der Waals surface area contributed by atoms with Crippen LogP contribution in [-0.2, 0) is 14.3 Å². The second-order valence-corrected chi connectivity index (χ2v) is 5.33. The summed E-state index contributed by atoms with van der Waals surface area (Å²) in [6.07, 6.45) is -0.247. The monoisotopic (exact) mass is 220 g/mol. The Morgan fingerprint density at radius 2 is 1.71 bits per heavy atom. The van der Waals surface area contributed by atoms with E-state index in [1.165, 1.54) is 6.92 Å². The highest BCUT2D eigenvalue weighted by molar-refractivity contribution is 7.82. The van der Waals surface area contributed by atoms with Gasteiger partial charge < -0.3 is 9.84 Å². The van der Waals surface area contributed by atoms with Crippen LogP contribution in [0.1, 0.15) is 34.1 Å². The molecule has 0 heterocycles. The number of carbonyl (C=O) groups excluding carboxylic acids is 1. The summed E-state index contributed by atoms with van der Waals surface area (Å²) in [5.74, 6) is -1.69.